The molecule has 0 unspecified atom stereocenters. The first-order chi connectivity index (χ1) is 9.35. The van der Waals surface area contributed by atoms with Gasteiger partial charge < -0.3 is 10.1 Å². The summed E-state index contributed by atoms with van der Waals surface area (Å²) >= 11 is 0. The molecule has 1 N–H and O–H groups in total. The van der Waals surface area contributed by atoms with Crippen LogP contribution in [0.25, 0.3) is 0 Å². The van der Waals surface area contributed by atoms with Gasteiger partial charge in [0.1, 0.15) is 6.61 Å². The molecule has 0 heterocycles. The van der Waals surface area contributed by atoms with E-state index in [2.05, 4.69) is 5.32 Å². The molecule has 0 saturated carbocycles. The molecule has 0 fully saturated rings. The predicted molar refractivity (Wildman–Crippen MR) is 72.9 cm³/mol. The standard InChI is InChI=1S/C13H16N2O5/c1-4-12(17)14-10-5-8(2)13(20-7-9(3)16)11(6-10)15(18)19/h5-6H,4,7H2,1-3H3,(H,14,17). The molecule has 20 heavy (non-hydrogen) atoms. The molecular weight excluding hydrogens is 264 g/mol. The van der Waals surface area contributed by atoms with Gasteiger partial charge in [0.25, 0.3) is 0 Å². The zero-order valence-electron chi connectivity index (χ0n) is 11.6. The summed E-state index contributed by atoms with van der Waals surface area (Å²) < 4.78 is 5.17. The monoisotopic (exact) mass is 280 g/mol. The van der Waals surface area contributed by atoms with Gasteiger partial charge in [0.2, 0.25) is 11.7 Å². The molecule has 1 aromatic rings. The number of ether oxygens (including phenoxy) is 1. The maximum Gasteiger partial charge on any atom is 0.313 e. The summed E-state index contributed by atoms with van der Waals surface area (Å²) in [5, 5.41) is 13.6. The lowest BCUT2D eigenvalue weighted by Gasteiger charge is -2.11. The van der Waals surface area contributed by atoms with E-state index in [-0.39, 0.29) is 36.2 Å². The number of aryl methyl sites for hydroxylation is 1. The molecular formula is C13H16N2O5. The molecule has 0 saturated heterocycles. The Morgan fingerprint density at radius 1 is 1.40 bits per heavy atom. The van der Waals surface area contributed by atoms with Crippen molar-refractivity contribution in [2.75, 3.05) is 11.9 Å². The Balaban J connectivity index is 3.15. The number of hydrogen-bond acceptors (Lipinski definition) is 5. The van der Waals surface area contributed by atoms with E-state index in [9.17, 15) is 19.7 Å². The normalized spacial score (nSPS) is 9.95. The minimum Gasteiger partial charge on any atom is -0.479 e. The molecule has 0 aliphatic rings. The van der Waals surface area contributed by atoms with E-state index < -0.39 is 4.92 Å². The Bertz CT molecular complexity index is 554. The van der Waals surface area contributed by atoms with Gasteiger partial charge in [0, 0.05) is 23.7 Å². The number of hydrogen-bond donors (Lipinski definition) is 1. The van der Waals surface area contributed by atoms with Crippen molar-refractivity contribution in [3.05, 3.63) is 27.8 Å². The number of carbonyl (C=O) groups excluding carboxylic acids is 2. The third-order valence-electron chi connectivity index (χ3n) is 2.48. The van der Waals surface area contributed by atoms with Crippen LogP contribution in [0, 0.1) is 17.0 Å². The Hall–Kier alpha value is -2.44. The molecule has 0 aliphatic heterocycles. The minimum atomic E-state index is -0.607. The van der Waals surface area contributed by atoms with Crippen molar-refractivity contribution in [3.8, 4) is 5.75 Å². The van der Waals surface area contributed by atoms with Crippen molar-refractivity contribution < 1.29 is 19.2 Å². The third kappa shape index (κ3) is 4.04. The summed E-state index contributed by atoms with van der Waals surface area (Å²) in [5.74, 6) is -0.433. The average molecular weight is 280 g/mol. The molecule has 0 atom stereocenters. The zero-order valence-corrected chi connectivity index (χ0v) is 11.6. The second kappa shape index (κ2) is 6.65. The number of nitro groups is 1. The molecule has 7 heteroatoms. The van der Waals surface area contributed by atoms with Gasteiger partial charge in [-0.25, -0.2) is 0 Å². The van der Waals surface area contributed by atoms with Crippen LogP contribution in [0.5, 0.6) is 5.75 Å². The third-order valence-corrected chi connectivity index (χ3v) is 2.48. The highest BCUT2D eigenvalue weighted by Gasteiger charge is 2.20. The first-order valence-electron chi connectivity index (χ1n) is 6.06. The molecule has 1 rings (SSSR count). The number of benzene rings is 1. The Morgan fingerprint density at radius 2 is 2.05 bits per heavy atom. The van der Waals surface area contributed by atoms with Gasteiger partial charge in [-0.3, -0.25) is 19.7 Å². The first kappa shape index (κ1) is 15.6. The van der Waals surface area contributed by atoms with Crippen LogP contribution < -0.4 is 10.1 Å². The van der Waals surface area contributed by atoms with Crippen LogP contribution in [0.15, 0.2) is 12.1 Å². The number of anilines is 1. The Morgan fingerprint density at radius 3 is 2.55 bits per heavy atom. The molecule has 1 aromatic carbocycles. The Kier molecular flexibility index (Phi) is 5.19. The van der Waals surface area contributed by atoms with Crippen LogP contribution in [-0.2, 0) is 9.59 Å². The van der Waals surface area contributed by atoms with Crippen LogP contribution in [0.2, 0.25) is 0 Å². The fourth-order valence-corrected chi connectivity index (χ4v) is 1.57. The maximum absolute atomic E-state index is 11.3. The second-order valence-corrected chi connectivity index (χ2v) is 4.29. The molecule has 0 radical (unpaired) electrons. The van der Waals surface area contributed by atoms with E-state index in [0.29, 0.717) is 11.3 Å². The maximum atomic E-state index is 11.3. The number of nitrogens with one attached hydrogen (secondary N) is 1. The van der Waals surface area contributed by atoms with Crippen molar-refractivity contribution in [1.82, 2.24) is 0 Å². The van der Waals surface area contributed by atoms with Crippen LogP contribution >= 0.6 is 0 Å². The van der Waals surface area contributed by atoms with E-state index in [0.717, 1.165) is 0 Å². The minimum absolute atomic E-state index is 0.0414. The topological polar surface area (TPSA) is 98.5 Å². The number of carbonyl (C=O) groups is 2. The van der Waals surface area contributed by atoms with Crippen LogP contribution in [0.1, 0.15) is 25.8 Å². The van der Waals surface area contributed by atoms with E-state index in [1.54, 1.807) is 19.9 Å². The highest BCUT2D eigenvalue weighted by atomic mass is 16.6. The van der Waals surface area contributed by atoms with Crippen molar-refractivity contribution >= 4 is 23.1 Å². The molecule has 0 bridgehead atoms. The quantitative estimate of drug-likeness (QED) is 0.636. The van der Waals surface area contributed by atoms with E-state index in [4.69, 9.17) is 4.74 Å². The molecule has 0 spiro atoms. The van der Waals surface area contributed by atoms with Gasteiger partial charge >= 0.3 is 5.69 Å². The fraction of sp³-hybridized carbons (Fsp3) is 0.385. The lowest BCUT2D eigenvalue weighted by atomic mass is 10.1. The lowest BCUT2D eigenvalue weighted by Crippen LogP contribution is -2.12. The van der Waals surface area contributed by atoms with Gasteiger partial charge in [-0.15, -0.1) is 0 Å². The van der Waals surface area contributed by atoms with Crippen LogP contribution in [0.4, 0.5) is 11.4 Å². The molecule has 7 nitrogen and oxygen atoms in total. The molecule has 1 amide bonds. The van der Waals surface area contributed by atoms with Crippen molar-refractivity contribution in [3.63, 3.8) is 0 Å². The average Bonchev–Trinajstić information content (AvgIpc) is 2.36. The highest BCUT2D eigenvalue weighted by molar-refractivity contribution is 5.91. The van der Waals surface area contributed by atoms with Crippen molar-refractivity contribution in [1.29, 1.82) is 0 Å². The summed E-state index contributed by atoms with van der Waals surface area (Å²) in [7, 11) is 0. The first-order valence-corrected chi connectivity index (χ1v) is 6.06. The van der Waals surface area contributed by atoms with Gasteiger partial charge in [0.05, 0.1) is 4.92 Å². The predicted octanol–water partition coefficient (Wildman–Crippen LogP) is 2.22. The summed E-state index contributed by atoms with van der Waals surface area (Å²) in [4.78, 5) is 32.7. The summed E-state index contributed by atoms with van der Waals surface area (Å²) in [6, 6.07) is 2.78. The van der Waals surface area contributed by atoms with Gasteiger partial charge in [-0.2, -0.15) is 0 Å². The molecule has 108 valence electrons. The smallest absolute Gasteiger partial charge is 0.313 e. The van der Waals surface area contributed by atoms with E-state index in [1.807, 2.05) is 0 Å². The summed E-state index contributed by atoms with van der Waals surface area (Å²) in [5.41, 5.74) is 0.528. The number of ketones is 1. The van der Waals surface area contributed by atoms with E-state index in [1.165, 1.54) is 13.0 Å². The fourth-order valence-electron chi connectivity index (χ4n) is 1.57. The largest absolute Gasteiger partial charge is 0.479 e. The number of Topliss-reactive ketones (excluding diaryl/α,β-unsaturated/α-hetero) is 1. The lowest BCUT2D eigenvalue weighted by molar-refractivity contribution is -0.385. The van der Waals surface area contributed by atoms with Gasteiger partial charge in [-0.05, 0) is 19.9 Å². The van der Waals surface area contributed by atoms with Crippen molar-refractivity contribution in [2.24, 2.45) is 0 Å². The van der Waals surface area contributed by atoms with Gasteiger partial charge in [-0.1, -0.05) is 6.92 Å². The number of amides is 1. The summed E-state index contributed by atoms with van der Waals surface area (Å²) in [6.45, 7) is 4.39. The number of nitro benzene ring substituents is 1. The zero-order chi connectivity index (χ0) is 15.3. The highest BCUT2D eigenvalue weighted by Crippen LogP contribution is 2.34. The molecule has 0 aliphatic carbocycles. The Labute approximate surface area is 116 Å². The van der Waals surface area contributed by atoms with E-state index >= 15 is 0 Å². The second-order valence-electron chi connectivity index (χ2n) is 4.29. The van der Waals surface area contributed by atoms with Crippen molar-refractivity contribution in [2.45, 2.75) is 27.2 Å². The van der Waals surface area contributed by atoms with Crippen LogP contribution in [-0.4, -0.2) is 23.2 Å². The number of nitrogens with zero attached hydrogens (tertiary/aromatic N) is 1. The SMILES string of the molecule is CCC(=O)Nc1cc(C)c(OCC(C)=O)c([N+](=O)[O-])c1. The molecule has 0 aromatic heterocycles. The van der Waals surface area contributed by atoms with Crippen LogP contribution in [0.3, 0.4) is 0 Å². The van der Waals surface area contributed by atoms with Gasteiger partial charge in [0.15, 0.2) is 5.78 Å². The number of rotatable bonds is 6. The summed E-state index contributed by atoms with van der Waals surface area (Å²) in [6.07, 6.45) is 0.273.